The van der Waals surface area contributed by atoms with Gasteiger partial charge in [0.05, 0.1) is 5.41 Å². The van der Waals surface area contributed by atoms with Gasteiger partial charge in [0.1, 0.15) is 0 Å². The molecule has 4 heteroatoms. The van der Waals surface area contributed by atoms with Gasteiger partial charge < -0.3 is 5.32 Å². The molecule has 1 unspecified atom stereocenters. The van der Waals surface area contributed by atoms with E-state index in [0.717, 1.165) is 13.0 Å². The molecule has 1 aromatic rings. The molecule has 1 N–H and O–H groups in total. The summed E-state index contributed by atoms with van der Waals surface area (Å²) in [4.78, 5) is 25.6. The van der Waals surface area contributed by atoms with Gasteiger partial charge >= 0.3 is 0 Å². The number of amides is 2. The Hall–Kier alpha value is -1.84. The molecule has 3 rings (SSSR count). The normalized spacial score (nSPS) is 23.9. The molecule has 20 heavy (non-hydrogen) atoms. The van der Waals surface area contributed by atoms with Crippen LogP contribution in [-0.2, 0) is 9.59 Å². The lowest BCUT2D eigenvalue weighted by Gasteiger charge is -2.19. The maximum atomic E-state index is 12.2. The number of likely N-dealkylation sites (tertiary alicyclic amines) is 1. The van der Waals surface area contributed by atoms with Gasteiger partial charge in [0.25, 0.3) is 0 Å². The van der Waals surface area contributed by atoms with E-state index in [1.807, 2.05) is 26.0 Å². The maximum Gasteiger partial charge on any atom is 0.235 e. The average molecular weight is 272 g/mol. The fourth-order valence-electron chi connectivity index (χ4n) is 3.15. The molecule has 106 valence electrons. The number of para-hydroxylation sites is 1. The molecular weight excluding hydrogens is 252 g/mol. The lowest BCUT2D eigenvalue weighted by atomic mass is 9.92. The first kappa shape index (κ1) is 13.2. The van der Waals surface area contributed by atoms with Gasteiger partial charge in [-0.3, -0.25) is 14.5 Å². The topological polar surface area (TPSA) is 49.4 Å². The van der Waals surface area contributed by atoms with Gasteiger partial charge in [-0.05, 0) is 18.1 Å². The Morgan fingerprint density at radius 1 is 1.30 bits per heavy atom. The SMILES string of the molecule is CC1(C)CC(=O)N(CCC2CNc3ccccc32)C1=O. The number of imide groups is 1. The Labute approximate surface area is 119 Å². The van der Waals surface area contributed by atoms with Gasteiger partial charge in [0.2, 0.25) is 11.8 Å². The van der Waals surface area contributed by atoms with E-state index in [-0.39, 0.29) is 11.8 Å². The van der Waals surface area contributed by atoms with E-state index in [1.54, 1.807) is 0 Å². The van der Waals surface area contributed by atoms with E-state index in [0.29, 0.717) is 18.9 Å². The van der Waals surface area contributed by atoms with E-state index in [2.05, 4.69) is 17.4 Å². The Kier molecular flexibility index (Phi) is 3.04. The van der Waals surface area contributed by atoms with Crippen molar-refractivity contribution in [1.29, 1.82) is 0 Å². The Morgan fingerprint density at radius 2 is 2.05 bits per heavy atom. The van der Waals surface area contributed by atoms with Gasteiger partial charge in [-0.15, -0.1) is 0 Å². The molecule has 1 aromatic carbocycles. The van der Waals surface area contributed by atoms with Crippen LogP contribution in [0.25, 0.3) is 0 Å². The summed E-state index contributed by atoms with van der Waals surface area (Å²) in [6, 6.07) is 8.25. The lowest BCUT2D eigenvalue weighted by molar-refractivity contribution is -0.140. The lowest BCUT2D eigenvalue weighted by Crippen LogP contribution is -2.34. The molecule has 4 nitrogen and oxygen atoms in total. The first-order valence-electron chi connectivity index (χ1n) is 7.16. The Balaban J connectivity index is 1.67. The highest BCUT2D eigenvalue weighted by atomic mass is 16.2. The minimum atomic E-state index is -0.525. The molecular formula is C16H20N2O2. The predicted octanol–water partition coefficient (Wildman–Crippen LogP) is 2.37. The van der Waals surface area contributed by atoms with E-state index in [4.69, 9.17) is 0 Å². The maximum absolute atomic E-state index is 12.2. The molecule has 0 spiro atoms. The molecule has 0 radical (unpaired) electrons. The van der Waals surface area contributed by atoms with Crippen LogP contribution in [0.2, 0.25) is 0 Å². The van der Waals surface area contributed by atoms with Crippen molar-refractivity contribution >= 4 is 17.5 Å². The summed E-state index contributed by atoms with van der Waals surface area (Å²) in [5, 5.41) is 3.38. The van der Waals surface area contributed by atoms with Gasteiger partial charge in [-0.1, -0.05) is 32.0 Å². The number of hydrogen-bond acceptors (Lipinski definition) is 3. The Morgan fingerprint density at radius 3 is 2.75 bits per heavy atom. The first-order chi connectivity index (χ1) is 9.49. The number of anilines is 1. The van der Waals surface area contributed by atoms with Crippen LogP contribution in [-0.4, -0.2) is 29.8 Å². The quantitative estimate of drug-likeness (QED) is 0.859. The summed E-state index contributed by atoms with van der Waals surface area (Å²) >= 11 is 0. The van der Waals surface area contributed by atoms with Gasteiger partial charge in [0, 0.05) is 31.1 Å². The first-order valence-corrected chi connectivity index (χ1v) is 7.16. The third kappa shape index (κ3) is 2.09. The van der Waals surface area contributed by atoms with Crippen molar-refractivity contribution in [3.63, 3.8) is 0 Å². The summed E-state index contributed by atoms with van der Waals surface area (Å²) < 4.78 is 0. The largest absolute Gasteiger partial charge is 0.384 e. The highest BCUT2D eigenvalue weighted by molar-refractivity contribution is 6.05. The smallest absolute Gasteiger partial charge is 0.235 e. The summed E-state index contributed by atoms with van der Waals surface area (Å²) in [5.41, 5.74) is 1.95. The molecule has 1 atom stereocenters. The zero-order chi connectivity index (χ0) is 14.3. The fraction of sp³-hybridized carbons (Fsp3) is 0.500. The molecule has 0 aromatic heterocycles. The van der Waals surface area contributed by atoms with E-state index >= 15 is 0 Å². The molecule has 0 aliphatic carbocycles. The van der Waals surface area contributed by atoms with E-state index in [1.165, 1.54) is 16.2 Å². The zero-order valence-corrected chi connectivity index (χ0v) is 12.0. The second-order valence-corrected chi connectivity index (χ2v) is 6.36. The van der Waals surface area contributed by atoms with Crippen LogP contribution in [0.5, 0.6) is 0 Å². The van der Waals surface area contributed by atoms with Crippen LogP contribution in [0, 0.1) is 5.41 Å². The van der Waals surface area contributed by atoms with Crippen LogP contribution in [0.15, 0.2) is 24.3 Å². The molecule has 0 saturated carbocycles. The van der Waals surface area contributed by atoms with E-state index in [9.17, 15) is 9.59 Å². The molecule has 2 amide bonds. The summed E-state index contributed by atoms with van der Waals surface area (Å²) in [6.07, 6.45) is 1.17. The van der Waals surface area contributed by atoms with Gasteiger partial charge in [-0.25, -0.2) is 0 Å². The third-order valence-electron chi connectivity index (χ3n) is 4.36. The van der Waals surface area contributed by atoms with Crippen LogP contribution >= 0.6 is 0 Å². The second-order valence-electron chi connectivity index (χ2n) is 6.36. The molecule has 2 heterocycles. The predicted molar refractivity (Wildman–Crippen MR) is 77.4 cm³/mol. The number of hydrogen-bond donors (Lipinski definition) is 1. The van der Waals surface area contributed by atoms with Crippen molar-refractivity contribution in [2.45, 2.75) is 32.6 Å². The molecule has 2 aliphatic heterocycles. The van der Waals surface area contributed by atoms with Crippen LogP contribution in [0.3, 0.4) is 0 Å². The number of nitrogens with one attached hydrogen (secondary N) is 1. The highest BCUT2D eigenvalue weighted by Gasteiger charge is 2.44. The molecule has 1 saturated heterocycles. The second kappa shape index (κ2) is 4.62. The minimum absolute atomic E-state index is 0.0262. The highest BCUT2D eigenvalue weighted by Crippen LogP contribution is 2.35. The van der Waals surface area contributed by atoms with Crippen molar-refractivity contribution < 1.29 is 9.59 Å². The fourth-order valence-corrected chi connectivity index (χ4v) is 3.15. The van der Waals surface area contributed by atoms with Crippen molar-refractivity contribution in [3.8, 4) is 0 Å². The number of rotatable bonds is 3. The molecule has 1 fully saturated rings. The van der Waals surface area contributed by atoms with Crippen molar-refractivity contribution in [2.75, 3.05) is 18.4 Å². The minimum Gasteiger partial charge on any atom is -0.384 e. The van der Waals surface area contributed by atoms with Crippen molar-refractivity contribution in [1.82, 2.24) is 4.90 Å². The number of benzene rings is 1. The van der Waals surface area contributed by atoms with Crippen LogP contribution in [0.4, 0.5) is 5.69 Å². The molecule has 2 aliphatic rings. The van der Waals surface area contributed by atoms with E-state index < -0.39 is 5.41 Å². The zero-order valence-electron chi connectivity index (χ0n) is 12.0. The standard InChI is InChI=1S/C16H20N2O2/c1-16(2)9-14(19)18(15(16)20)8-7-11-10-17-13-6-4-3-5-12(11)13/h3-6,11,17H,7-10H2,1-2H3. The summed E-state index contributed by atoms with van der Waals surface area (Å²) in [5.74, 6) is 0.330. The number of carbonyl (C=O) groups is 2. The average Bonchev–Trinajstić information content (AvgIpc) is 2.89. The van der Waals surface area contributed by atoms with Crippen molar-refractivity contribution in [3.05, 3.63) is 29.8 Å². The van der Waals surface area contributed by atoms with Crippen LogP contribution in [0.1, 0.15) is 38.2 Å². The van der Waals surface area contributed by atoms with Crippen LogP contribution < -0.4 is 5.32 Å². The van der Waals surface area contributed by atoms with Gasteiger partial charge in [-0.2, -0.15) is 0 Å². The summed E-state index contributed by atoms with van der Waals surface area (Å²) in [6.45, 7) is 5.11. The molecule has 0 bridgehead atoms. The monoisotopic (exact) mass is 272 g/mol. The number of nitrogens with zero attached hydrogens (tertiary/aromatic N) is 1. The number of carbonyl (C=O) groups excluding carboxylic acids is 2. The van der Waals surface area contributed by atoms with Gasteiger partial charge in [0.15, 0.2) is 0 Å². The Bertz CT molecular complexity index is 565. The third-order valence-corrected chi connectivity index (χ3v) is 4.36. The summed E-state index contributed by atoms with van der Waals surface area (Å²) in [7, 11) is 0. The number of fused-ring (bicyclic) bond motifs is 1. The van der Waals surface area contributed by atoms with Crippen molar-refractivity contribution in [2.24, 2.45) is 5.41 Å².